The lowest BCUT2D eigenvalue weighted by Gasteiger charge is -2.07. The highest BCUT2D eigenvalue weighted by Gasteiger charge is 2.13. The van der Waals surface area contributed by atoms with Crippen LogP contribution < -0.4 is 0 Å². The summed E-state index contributed by atoms with van der Waals surface area (Å²) in [5.41, 5.74) is 0. The highest BCUT2D eigenvalue weighted by Crippen LogP contribution is 2.29. The van der Waals surface area contributed by atoms with Gasteiger partial charge in [0.25, 0.3) is 0 Å². The fourth-order valence-electron chi connectivity index (χ4n) is 1.31. The van der Waals surface area contributed by atoms with Crippen LogP contribution >= 0.6 is 22.9 Å². The molecule has 80 valence electrons. The number of methoxy groups -OCH3 is 1. The summed E-state index contributed by atoms with van der Waals surface area (Å²) in [6, 6.07) is 2.00. The van der Waals surface area contributed by atoms with Gasteiger partial charge in [-0.3, -0.25) is 0 Å². The number of halogens is 1. The predicted octanol–water partition coefficient (Wildman–Crippen LogP) is 3.36. The Hall–Kier alpha value is -0.710. The normalized spacial score (nSPS) is 13.3. The van der Waals surface area contributed by atoms with E-state index in [1.165, 1.54) is 4.88 Å². The summed E-state index contributed by atoms with van der Waals surface area (Å²) in [5.74, 6) is 0.636. The van der Waals surface area contributed by atoms with Crippen molar-refractivity contribution in [1.29, 1.82) is 0 Å². The molecule has 0 aromatic carbocycles. The van der Waals surface area contributed by atoms with Crippen molar-refractivity contribution in [1.82, 2.24) is 9.97 Å². The molecule has 2 aromatic rings. The van der Waals surface area contributed by atoms with E-state index >= 15 is 0 Å². The molecule has 0 spiro atoms. The van der Waals surface area contributed by atoms with E-state index in [4.69, 9.17) is 16.3 Å². The Morgan fingerprint density at radius 3 is 2.87 bits per heavy atom. The van der Waals surface area contributed by atoms with Crippen LogP contribution in [-0.4, -0.2) is 17.1 Å². The Labute approximate surface area is 97.1 Å². The van der Waals surface area contributed by atoms with Crippen LogP contribution in [0.1, 0.15) is 23.7 Å². The van der Waals surface area contributed by atoms with Gasteiger partial charge >= 0.3 is 0 Å². The lowest BCUT2D eigenvalue weighted by molar-refractivity contribution is 0.112. The van der Waals surface area contributed by atoms with Crippen LogP contribution in [0.15, 0.2) is 6.07 Å². The number of aromatic nitrogens is 2. The molecule has 0 bridgehead atoms. The van der Waals surface area contributed by atoms with Crippen molar-refractivity contribution >= 4 is 33.2 Å². The van der Waals surface area contributed by atoms with Gasteiger partial charge in [0, 0.05) is 17.4 Å². The van der Waals surface area contributed by atoms with Gasteiger partial charge in [0.1, 0.15) is 16.1 Å². The zero-order chi connectivity index (χ0) is 11.0. The molecule has 0 amide bonds. The van der Waals surface area contributed by atoms with Gasteiger partial charge in [0.15, 0.2) is 5.82 Å². The highest BCUT2D eigenvalue weighted by molar-refractivity contribution is 7.18. The first-order valence-electron chi connectivity index (χ1n) is 4.58. The van der Waals surface area contributed by atoms with Crippen molar-refractivity contribution in [2.24, 2.45) is 0 Å². The summed E-state index contributed by atoms with van der Waals surface area (Å²) >= 11 is 7.69. The first kappa shape index (κ1) is 10.8. The highest BCUT2D eigenvalue weighted by atomic mass is 35.5. The quantitative estimate of drug-likeness (QED) is 0.758. The minimum Gasteiger partial charge on any atom is -0.374 e. The zero-order valence-electron chi connectivity index (χ0n) is 8.74. The standard InChI is InChI=1S/C10H11ClN2OS/c1-5-4-7-8(11)12-9(6(2)14-3)13-10(7)15-5/h4,6H,1-3H3. The Balaban J connectivity index is 2.61. The molecule has 1 atom stereocenters. The van der Waals surface area contributed by atoms with E-state index in [1.807, 2.05) is 19.9 Å². The second kappa shape index (κ2) is 4.04. The minimum absolute atomic E-state index is 0.130. The number of thiophene rings is 1. The third-order valence-corrected chi connectivity index (χ3v) is 3.44. The topological polar surface area (TPSA) is 35.0 Å². The summed E-state index contributed by atoms with van der Waals surface area (Å²) in [6.45, 7) is 3.93. The van der Waals surface area contributed by atoms with Crippen molar-refractivity contribution in [3.05, 3.63) is 21.9 Å². The maximum absolute atomic E-state index is 6.08. The van der Waals surface area contributed by atoms with Gasteiger partial charge in [-0.15, -0.1) is 11.3 Å². The van der Waals surface area contributed by atoms with E-state index in [-0.39, 0.29) is 6.10 Å². The van der Waals surface area contributed by atoms with E-state index in [1.54, 1.807) is 18.4 Å². The van der Waals surface area contributed by atoms with E-state index in [0.717, 1.165) is 10.2 Å². The lowest BCUT2D eigenvalue weighted by atomic mass is 10.3. The maximum Gasteiger partial charge on any atom is 0.160 e. The summed E-state index contributed by atoms with van der Waals surface area (Å²) < 4.78 is 5.17. The number of hydrogen-bond acceptors (Lipinski definition) is 4. The first-order chi connectivity index (χ1) is 7.11. The molecule has 2 rings (SSSR count). The molecule has 0 N–H and O–H groups in total. The molecule has 2 heterocycles. The Morgan fingerprint density at radius 2 is 2.20 bits per heavy atom. The van der Waals surface area contributed by atoms with E-state index < -0.39 is 0 Å². The molecular formula is C10H11ClN2OS. The van der Waals surface area contributed by atoms with Crippen molar-refractivity contribution in [3.8, 4) is 0 Å². The average molecular weight is 243 g/mol. The lowest BCUT2D eigenvalue weighted by Crippen LogP contribution is -2.02. The SMILES string of the molecule is COC(C)c1nc(Cl)c2cc(C)sc2n1. The largest absolute Gasteiger partial charge is 0.374 e. The van der Waals surface area contributed by atoms with Gasteiger partial charge in [-0.05, 0) is 19.9 Å². The van der Waals surface area contributed by atoms with Gasteiger partial charge in [-0.2, -0.15) is 0 Å². The molecule has 3 nitrogen and oxygen atoms in total. The fourth-order valence-corrected chi connectivity index (χ4v) is 2.48. The summed E-state index contributed by atoms with van der Waals surface area (Å²) in [5, 5.41) is 1.43. The van der Waals surface area contributed by atoms with Crippen molar-refractivity contribution in [2.45, 2.75) is 20.0 Å². The monoisotopic (exact) mass is 242 g/mol. The van der Waals surface area contributed by atoms with Gasteiger partial charge in [-0.1, -0.05) is 11.6 Å². The van der Waals surface area contributed by atoms with E-state index in [9.17, 15) is 0 Å². The molecule has 0 aliphatic rings. The molecule has 0 fully saturated rings. The van der Waals surface area contributed by atoms with Gasteiger partial charge < -0.3 is 4.74 Å². The molecule has 0 radical (unpaired) electrons. The van der Waals surface area contributed by atoms with Crippen LogP contribution in [0.5, 0.6) is 0 Å². The summed E-state index contributed by atoms with van der Waals surface area (Å²) in [6.07, 6.45) is -0.130. The second-order valence-corrected chi connectivity index (χ2v) is 4.92. The molecular weight excluding hydrogens is 232 g/mol. The molecule has 5 heteroatoms. The fraction of sp³-hybridized carbons (Fsp3) is 0.400. The summed E-state index contributed by atoms with van der Waals surface area (Å²) in [7, 11) is 1.63. The number of ether oxygens (including phenoxy) is 1. The minimum atomic E-state index is -0.130. The zero-order valence-corrected chi connectivity index (χ0v) is 10.3. The third-order valence-electron chi connectivity index (χ3n) is 2.20. The number of hydrogen-bond donors (Lipinski definition) is 0. The molecule has 0 saturated carbocycles. The molecule has 0 aliphatic carbocycles. The van der Waals surface area contributed by atoms with Crippen LogP contribution in [-0.2, 0) is 4.74 Å². The number of fused-ring (bicyclic) bond motifs is 1. The Morgan fingerprint density at radius 1 is 1.47 bits per heavy atom. The van der Waals surface area contributed by atoms with Gasteiger partial charge in [0.05, 0.1) is 0 Å². The number of rotatable bonds is 2. The first-order valence-corrected chi connectivity index (χ1v) is 5.77. The molecule has 15 heavy (non-hydrogen) atoms. The van der Waals surface area contributed by atoms with Crippen LogP contribution in [0.4, 0.5) is 0 Å². The van der Waals surface area contributed by atoms with Gasteiger partial charge in [0.2, 0.25) is 0 Å². The van der Waals surface area contributed by atoms with E-state index in [2.05, 4.69) is 9.97 Å². The Bertz CT molecular complexity index is 497. The van der Waals surface area contributed by atoms with E-state index in [0.29, 0.717) is 11.0 Å². The van der Waals surface area contributed by atoms with Crippen molar-refractivity contribution in [3.63, 3.8) is 0 Å². The smallest absolute Gasteiger partial charge is 0.160 e. The van der Waals surface area contributed by atoms with Crippen molar-refractivity contribution < 1.29 is 4.74 Å². The molecule has 0 saturated heterocycles. The number of aryl methyl sites for hydroxylation is 1. The molecule has 0 aliphatic heterocycles. The average Bonchev–Trinajstić information content (AvgIpc) is 2.58. The van der Waals surface area contributed by atoms with Crippen LogP contribution in [0.3, 0.4) is 0 Å². The van der Waals surface area contributed by atoms with Crippen molar-refractivity contribution in [2.75, 3.05) is 7.11 Å². The van der Waals surface area contributed by atoms with Crippen LogP contribution in [0.2, 0.25) is 5.15 Å². The number of nitrogens with zero attached hydrogens (tertiary/aromatic N) is 2. The maximum atomic E-state index is 6.08. The van der Waals surface area contributed by atoms with Gasteiger partial charge in [-0.25, -0.2) is 9.97 Å². The third kappa shape index (κ3) is 1.97. The molecule has 2 aromatic heterocycles. The molecule has 1 unspecified atom stereocenters. The Kier molecular flexibility index (Phi) is 2.91. The predicted molar refractivity (Wildman–Crippen MR) is 62.6 cm³/mol. The van der Waals surface area contributed by atoms with Crippen LogP contribution in [0, 0.1) is 6.92 Å². The summed E-state index contributed by atoms with van der Waals surface area (Å²) in [4.78, 5) is 10.8. The van der Waals surface area contributed by atoms with Crippen LogP contribution in [0.25, 0.3) is 10.2 Å². The second-order valence-electron chi connectivity index (χ2n) is 3.33.